The zero-order valence-electron chi connectivity index (χ0n) is 10.8. The monoisotopic (exact) mass is 240 g/mol. The van der Waals surface area contributed by atoms with Gasteiger partial charge in [-0.05, 0) is 37.1 Å². The van der Waals surface area contributed by atoms with Gasteiger partial charge in [-0.3, -0.25) is 0 Å². The topological polar surface area (TPSA) is 38.0 Å². The summed E-state index contributed by atoms with van der Waals surface area (Å²) in [5.74, 6) is 0. The van der Waals surface area contributed by atoms with Crippen LogP contribution >= 0.6 is 0 Å². The smallest absolute Gasteiger partial charge is 0.0526 e. The van der Waals surface area contributed by atoms with E-state index in [1.807, 2.05) is 25.2 Å². The number of nitrogens with one attached hydrogen (secondary N) is 1. The van der Waals surface area contributed by atoms with Crippen molar-refractivity contribution in [2.45, 2.75) is 18.9 Å². The summed E-state index contributed by atoms with van der Waals surface area (Å²) < 4.78 is 0. The molecule has 94 valence electrons. The largest absolute Gasteiger partial charge is 0.399 e. The molecule has 0 aromatic heterocycles. The van der Waals surface area contributed by atoms with Gasteiger partial charge in [-0.15, -0.1) is 0 Å². The molecule has 0 radical (unpaired) electrons. The Morgan fingerprint density at radius 1 is 1.33 bits per heavy atom. The number of hydrogen-bond donors (Lipinski definition) is 2. The first kappa shape index (κ1) is 12.7. The van der Waals surface area contributed by atoms with Crippen molar-refractivity contribution >= 4 is 0 Å². The second-order valence-corrected chi connectivity index (χ2v) is 4.46. The van der Waals surface area contributed by atoms with Crippen LogP contribution < -0.4 is 11.1 Å². The van der Waals surface area contributed by atoms with Crippen LogP contribution in [0, 0.1) is 0 Å². The molecule has 0 saturated carbocycles. The van der Waals surface area contributed by atoms with Crippen molar-refractivity contribution < 1.29 is 0 Å². The quantitative estimate of drug-likeness (QED) is 0.849. The van der Waals surface area contributed by atoms with Gasteiger partial charge in [0.1, 0.15) is 0 Å². The molecule has 2 rings (SSSR count). The molecule has 1 aliphatic rings. The summed E-state index contributed by atoms with van der Waals surface area (Å²) in [5, 5.41) is 3.29. The van der Waals surface area contributed by atoms with E-state index in [0.717, 1.165) is 18.5 Å². The molecule has 1 aliphatic carbocycles. The maximum Gasteiger partial charge on any atom is 0.0526 e. The van der Waals surface area contributed by atoms with Crippen molar-refractivity contribution in [3.05, 3.63) is 71.5 Å². The van der Waals surface area contributed by atoms with Gasteiger partial charge in [-0.2, -0.15) is 0 Å². The van der Waals surface area contributed by atoms with Crippen LogP contribution in [0.3, 0.4) is 0 Å². The first-order valence-corrected chi connectivity index (χ1v) is 6.37. The van der Waals surface area contributed by atoms with E-state index in [0.29, 0.717) is 0 Å². The second-order valence-electron chi connectivity index (χ2n) is 4.46. The standard InChI is InChI=1S/C16H20N2/c1-18-16(14-10-6-3-7-11-14)12-15(17)13-8-4-2-5-9-13/h2-4,6-8,10-12,16,18H,5,9,17H2,1H3/b15-12-. The number of rotatable bonds is 4. The molecule has 0 bridgehead atoms. The Morgan fingerprint density at radius 3 is 2.72 bits per heavy atom. The fourth-order valence-corrected chi connectivity index (χ4v) is 2.14. The second kappa shape index (κ2) is 6.22. The van der Waals surface area contributed by atoms with Crippen molar-refractivity contribution in [1.82, 2.24) is 5.32 Å². The molecule has 1 atom stereocenters. The summed E-state index contributed by atoms with van der Waals surface area (Å²) in [4.78, 5) is 0. The Balaban J connectivity index is 2.19. The zero-order chi connectivity index (χ0) is 12.8. The third-order valence-corrected chi connectivity index (χ3v) is 3.20. The van der Waals surface area contributed by atoms with Gasteiger partial charge in [-0.1, -0.05) is 48.6 Å². The summed E-state index contributed by atoms with van der Waals surface area (Å²) in [6, 6.07) is 10.5. The number of nitrogens with two attached hydrogens (primary N) is 1. The Bertz CT molecular complexity index is 469. The van der Waals surface area contributed by atoms with Gasteiger partial charge in [-0.25, -0.2) is 0 Å². The summed E-state index contributed by atoms with van der Waals surface area (Å²) in [6.07, 6.45) is 10.6. The predicted octanol–water partition coefficient (Wildman–Crippen LogP) is 3.07. The maximum absolute atomic E-state index is 6.18. The molecule has 2 nitrogen and oxygen atoms in total. The molecule has 0 heterocycles. The Labute approximate surface area is 109 Å². The van der Waals surface area contributed by atoms with Crippen LogP contribution in [-0.4, -0.2) is 7.05 Å². The number of hydrogen-bond acceptors (Lipinski definition) is 2. The van der Waals surface area contributed by atoms with Gasteiger partial charge in [0.05, 0.1) is 6.04 Å². The Hall–Kier alpha value is -1.80. The normalized spacial score (nSPS) is 17.4. The van der Waals surface area contributed by atoms with Crippen LogP contribution in [0.5, 0.6) is 0 Å². The molecule has 2 heteroatoms. The molecular formula is C16H20N2. The van der Waals surface area contributed by atoms with E-state index in [2.05, 4.69) is 41.8 Å². The molecule has 18 heavy (non-hydrogen) atoms. The van der Waals surface area contributed by atoms with Gasteiger partial charge in [0, 0.05) is 5.70 Å². The van der Waals surface area contributed by atoms with E-state index < -0.39 is 0 Å². The third kappa shape index (κ3) is 3.11. The average molecular weight is 240 g/mol. The third-order valence-electron chi connectivity index (χ3n) is 3.20. The van der Waals surface area contributed by atoms with Crippen molar-refractivity contribution in [3.8, 4) is 0 Å². The van der Waals surface area contributed by atoms with E-state index in [1.165, 1.54) is 11.1 Å². The van der Waals surface area contributed by atoms with Crippen LogP contribution in [0.2, 0.25) is 0 Å². The van der Waals surface area contributed by atoms with Crippen molar-refractivity contribution in [2.24, 2.45) is 5.73 Å². The van der Waals surface area contributed by atoms with Crippen LogP contribution in [-0.2, 0) is 0 Å². The number of allylic oxidation sites excluding steroid dienone is 4. The molecule has 3 N–H and O–H groups in total. The van der Waals surface area contributed by atoms with Crippen molar-refractivity contribution in [3.63, 3.8) is 0 Å². The minimum Gasteiger partial charge on any atom is -0.399 e. The molecular weight excluding hydrogens is 220 g/mol. The molecule has 0 amide bonds. The molecule has 0 fully saturated rings. The number of likely N-dealkylation sites (N-methyl/N-ethyl adjacent to an activating group) is 1. The van der Waals surface area contributed by atoms with Crippen LogP contribution in [0.25, 0.3) is 0 Å². The van der Waals surface area contributed by atoms with E-state index >= 15 is 0 Å². The molecule has 1 aromatic carbocycles. The van der Waals surface area contributed by atoms with Gasteiger partial charge in [0.25, 0.3) is 0 Å². The first-order valence-electron chi connectivity index (χ1n) is 6.37. The minimum absolute atomic E-state index is 0.165. The van der Waals surface area contributed by atoms with E-state index in [4.69, 9.17) is 5.73 Å². The summed E-state index contributed by atoms with van der Waals surface area (Å²) in [5.41, 5.74) is 9.52. The van der Waals surface area contributed by atoms with Crippen molar-refractivity contribution in [2.75, 3.05) is 7.05 Å². The number of benzene rings is 1. The molecule has 0 spiro atoms. The fourth-order valence-electron chi connectivity index (χ4n) is 2.14. The minimum atomic E-state index is 0.165. The molecule has 1 aromatic rings. The maximum atomic E-state index is 6.18. The van der Waals surface area contributed by atoms with Crippen LogP contribution in [0.15, 0.2) is 65.9 Å². The van der Waals surface area contributed by atoms with Crippen LogP contribution in [0.4, 0.5) is 0 Å². The fraction of sp³-hybridized carbons (Fsp3) is 0.250. The zero-order valence-corrected chi connectivity index (χ0v) is 10.8. The summed E-state index contributed by atoms with van der Waals surface area (Å²) in [7, 11) is 1.95. The molecule has 0 aliphatic heterocycles. The SMILES string of the molecule is CNC(/C=C(\N)C1=CC=CCC1)c1ccccc1. The van der Waals surface area contributed by atoms with E-state index in [-0.39, 0.29) is 6.04 Å². The lowest BCUT2D eigenvalue weighted by atomic mass is 9.99. The highest BCUT2D eigenvalue weighted by molar-refractivity contribution is 5.36. The summed E-state index contributed by atoms with van der Waals surface area (Å²) >= 11 is 0. The Kier molecular flexibility index (Phi) is 4.37. The summed E-state index contributed by atoms with van der Waals surface area (Å²) in [6.45, 7) is 0. The highest BCUT2D eigenvalue weighted by Gasteiger charge is 2.08. The Morgan fingerprint density at radius 2 is 2.11 bits per heavy atom. The highest BCUT2D eigenvalue weighted by atomic mass is 14.9. The first-order chi connectivity index (χ1) is 8.81. The lowest BCUT2D eigenvalue weighted by Gasteiger charge is -2.16. The predicted molar refractivity (Wildman–Crippen MR) is 77.0 cm³/mol. The van der Waals surface area contributed by atoms with E-state index in [9.17, 15) is 0 Å². The van der Waals surface area contributed by atoms with Gasteiger partial charge in [0.15, 0.2) is 0 Å². The average Bonchev–Trinajstić information content (AvgIpc) is 2.46. The van der Waals surface area contributed by atoms with Gasteiger partial charge in [0.2, 0.25) is 0 Å². The van der Waals surface area contributed by atoms with Gasteiger partial charge >= 0.3 is 0 Å². The lowest BCUT2D eigenvalue weighted by molar-refractivity contribution is 0.708. The van der Waals surface area contributed by atoms with Gasteiger partial charge < -0.3 is 11.1 Å². The highest BCUT2D eigenvalue weighted by Crippen LogP contribution is 2.21. The van der Waals surface area contributed by atoms with Crippen LogP contribution in [0.1, 0.15) is 24.4 Å². The van der Waals surface area contributed by atoms with Crippen molar-refractivity contribution in [1.29, 1.82) is 0 Å². The lowest BCUT2D eigenvalue weighted by Crippen LogP contribution is -2.16. The molecule has 0 saturated heterocycles. The van der Waals surface area contributed by atoms with E-state index in [1.54, 1.807) is 0 Å². The molecule has 1 unspecified atom stereocenters.